The van der Waals surface area contributed by atoms with Crippen molar-refractivity contribution in [3.05, 3.63) is 194 Å². The normalized spacial score (nSPS) is 11.8. The lowest BCUT2D eigenvalue weighted by Crippen LogP contribution is -2.10. The summed E-state index contributed by atoms with van der Waals surface area (Å²) in [5.41, 5.74) is 9.37. The van der Waals surface area contributed by atoms with Gasteiger partial charge in [-0.25, -0.2) is 0 Å². The number of hydrogen-bond donors (Lipinski definition) is 0. The second-order valence-electron chi connectivity index (χ2n) is 13.7. The number of benzene rings is 9. The maximum absolute atomic E-state index is 2.46. The van der Waals surface area contributed by atoms with Crippen LogP contribution >= 0.6 is 11.3 Å². The maximum atomic E-state index is 2.46. The molecule has 0 unspecified atom stereocenters. The zero-order valence-corrected chi connectivity index (χ0v) is 29.6. The van der Waals surface area contributed by atoms with Crippen molar-refractivity contribution in [3.63, 3.8) is 0 Å². The fourth-order valence-electron chi connectivity index (χ4n) is 8.38. The molecule has 0 amide bonds. The summed E-state index contributed by atoms with van der Waals surface area (Å²) in [6.07, 6.45) is 0. The van der Waals surface area contributed by atoms with E-state index in [0.717, 1.165) is 22.7 Å². The smallest absolute Gasteiger partial charge is 0.0620 e. The molecule has 0 radical (unpaired) electrons. The predicted molar refractivity (Wildman–Crippen MR) is 229 cm³/mol. The minimum atomic E-state index is 1.12. The van der Waals surface area contributed by atoms with Crippen LogP contribution in [0.5, 0.6) is 0 Å². The summed E-state index contributed by atoms with van der Waals surface area (Å²) < 4.78 is 5.05. The number of anilines is 3. The molecule has 2 aromatic heterocycles. The number of para-hydroxylation sites is 1. The van der Waals surface area contributed by atoms with E-state index in [1.54, 1.807) is 0 Å². The van der Waals surface area contributed by atoms with Crippen LogP contribution in [0.3, 0.4) is 0 Å². The number of nitrogens with zero attached hydrogens (tertiary/aromatic N) is 2. The van der Waals surface area contributed by atoms with E-state index in [0.29, 0.717) is 0 Å². The van der Waals surface area contributed by atoms with Gasteiger partial charge in [0, 0.05) is 53.4 Å². The van der Waals surface area contributed by atoms with Crippen LogP contribution in [0.1, 0.15) is 0 Å². The quantitative estimate of drug-likeness (QED) is 0.174. The first-order valence-corrected chi connectivity index (χ1v) is 18.9. The van der Waals surface area contributed by atoms with Crippen LogP contribution in [0, 0.1) is 0 Å². The van der Waals surface area contributed by atoms with E-state index in [4.69, 9.17) is 0 Å². The molecule has 0 N–H and O–H groups in total. The summed E-state index contributed by atoms with van der Waals surface area (Å²) in [4.78, 5) is 2.46. The Hall–Kier alpha value is -6.68. The number of fused-ring (bicyclic) bond motifs is 10. The first-order chi connectivity index (χ1) is 26.3. The van der Waals surface area contributed by atoms with Crippen molar-refractivity contribution in [2.24, 2.45) is 0 Å². The molecular weight excluding hydrogens is 661 g/mol. The fourth-order valence-corrected chi connectivity index (χ4v) is 9.53. The van der Waals surface area contributed by atoms with E-state index >= 15 is 0 Å². The van der Waals surface area contributed by atoms with Gasteiger partial charge in [0.15, 0.2) is 0 Å². The monoisotopic (exact) mass is 692 g/mol. The average molecular weight is 693 g/mol. The van der Waals surface area contributed by atoms with Crippen LogP contribution < -0.4 is 4.90 Å². The second-order valence-corrected chi connectivity index (χ2v) is 14.8. The highest BCUT2D eigenvalue weighted by atomic mass is 32.1. The lowest BCUT2D eigenvalue weighted by Gasteiger charge is -2.27. The largest absolute Gasteiger partial charge is 0.310 e. The maximum Gasteiger partial charge on any atom is 0.0620 e. The van der Waals surface area contributed by atoms with Crippen molar-refractivity contribution in [1.29, 1.82) is 0 Å². The molecule has 3 heteroatoms. The molecule has 0 bridgehead atoms. The first-order valence-electron chi connectivity index (χ1n) is 18.1. The molecule has 2 heterocycles. The number of hydrogen-bond acceptors (Lipinski definition) is 2. The topological polar surface area (TPSA) is 8.17 Å². The van der Waals surface area contributed by atoms with Crippen molar-refractivity contribution in [1.82, 2.24) is 4.57 Å². The molecule has 0 saturated carbocycles. The van der Waals surface area contributed by atoms with Gasteiger partial charge in [-0.2, -0.15) is 0 Å². The average Bonchev–Trinajstić information content (AvgIpc) is 3.78. The van der Waals surface area contributed by atoms with Gasteiger partial charge in [0.05, 0.1) is 16.7 Å². The zero-order chi connectivity index (χ0) is 34.9. The van der Waals surface area contributed by atoms with Crippen molar-refractivity contribution in [3.8, 4) is 16.8 Å². The molecule has 53 heavy (non-hydrogen) atoms. The number of aromatic nitrogens is 1. The van der Waals surface area contributed by atoms with Crippen LogP contribution in [0.4, 0.5) is 17.1 Å². The molecule has 9 aromatic carbocycles. The van der Waals surface area contributed by atoms with Crippen molar-refractivity contribution in [2.75, 3.05) is 4.90 Å². The van der Waals surface area contributed by atoms with Crippen LogP contribution in [0.2, 0.25) is 0 Å². The van der Waals surface area contributed by atoms with Crippen molar-refractivity contribution in [2.45, 2.75) is 0 Å². The molecule has 0 saturated heterocycles. The zero-order valence-electron chi connectivity index (χ0n) is 28.8. The van der Waals surface area contributed by atoms with Gasteiger partial charge in [-0.05, 0) is 81.9 Å². The number of thiophene rings is 1. The van der Waals surface area contributed by atoms with E-state index in [-0.39, 0.29) is 0 Å². The molecule has 11 rings (SSSR count). The summed E-state index contributed by atoms with van der Waals surface area (Å²) in [6.45, 7) is 0. The highest BCUT2D eigenvalue weighted by molar-refractivity contribution is 7.26. The lowest BCUT2D eigenvalue weighted by molar-refractivity contribution is 1.18. The van der Waals surface area contributed by atoms with Gasteiger partial charge in [0.2, 0.25) is 0 Å². The van der Waals surface area contributed by atoms with Gasteiger partial charge in [-0.15, -0.1) is 11.3 Å². The molecule has 0 aliphatic carbocycles. The molecule has 0 spiro atoms. The molecule has 0 atom stereocenters. The standard InChI is InChI=1S/C50H32N2S/c1-3-12-33(13-4-1)34-22-26-38(27-23-34)51(39-28-30-42-47(32-39)53-46-31-25-35-14-7-9-18-40(35)48(42)46)44-20-11-21-45-49(44)43-29-24-36-15-8-10-19-41(36)50(43)52(45)37-16-5-2-6-17-37/h1-32H. The van der Waals surface area contributed by atoms with Gasteiger partial charge in [-0.1, -0.05) is 140 Å². The lowest BCUT2D eigenvalue weighted by atomic mass is 10.0. The summed E-state index contributed by atoms with van der Waals surface area (Å²) >= 11 is 1.88. The van der Waals surface area contributed by atoms with E-state index < -0.39 is 0 Å². The molecular formula is C50H32N2S. The summed E-state index contributed by atoms with van der Waals surface area (Å²) in [7, 11) is 0. The van der Waals surface area contributed by atoms with E-state index in [9.17, 15) is 0 Å². The third-order valence-corrected chi connectivity index (χ3v) is 11.9. The number of rotatable bonds is 5. The summed E-state index contributed by atoms with van der Waals surface area (Å²) in [5, 5.41) is 10.2. The Morgan fingerprint density at radius 1 is 0.396 bits per heavy atom. The Morgan fingerprint density at radius 3 is 1.85 bits per heavy atom. The van der Waals surface area contributed by atoms with E-state index in [2.05, 4.69) is 204 Å². The highest BCUT2D eigenvalue weighted by Crippen LogP contribution is 2.47. The van der Waals surface area contributed by atoms with E-state index in [1.807, 2.05) is 11.3 Å². The Bertz CT molecular complexity index is 3160. The molecule has 2 nitrogen and oxygen atoms in total. The molecule has 0 aliphatic rings. The van der Waals surface area contributed by atoms with Crippen LogP contribution in [0.15, 0.2) is 194 Å². The minimum absolute atomic E-state index is 1.12. The summed E-state index contributed by atoms with van der Waals surface area (Å²) in [6, 6.07) is 70.9. The molecule has 0 fully saturated rings. The Labute approximate surface area is 311 Å². The van der Waals surface area contributed by atoms with E-state index in [1.165, 1.54) is 74.6 Å². The minimum Gasteiger partial charge on any atom is -0.310 e. The first kappa shape index (κ1) is 30.0. The highest BCUT2D eigenvalue weighted by Gasteiger charge is 2.23. The third kappa shape index (κ3) is 4.71. The van der Waals surface area contributed by atoms with Gasteiger partial charge < -0.3 is 9.47 Å². The van der Waals surface area contributed by atoms with Gasteiger partial charge in [-0.3, -0.25) is 0 Å². The molecule has 248 valence electrons. The van der Waals surface area contributed by atoms with Crippen LogP contribution in [-0.4, -0.2) is 4.57 Å². The Balaban J connectivity index is 1.20. The van der Waals surface area contributed by atoms with Gasteiger partial charge in [0.1, 0.15) is 0 Å². The van der Waals surface area contributed by atoms with Crippen LogP contribution in [0.25, 0.3) is 80.3 Å². The van der Waals surface area contributed by atoms with Crippen molar-refractivity contribution < 1.29 is 0 Å². The van der Waals surface area contributed by atoms with Crippen molar-refractivity contribution >= 4 is 91.9 Å². The van der Waals surface area contributed by atoms with Gasteiger partial charge in [0.25, 0.3) is 0 Å². The third-order valence-electron chi connectivity index (χ3n) is 10.7. The molecule has 11 aromatic rings. The molecule has 0 aliphatic heterocycles. The van der Waals surface area contributed by atoms with Gasteiger partial charge >= 0.3 is 0 Å². The fraction of sp³-hybridized carbons (Fsp3) is 0. The predicted octanol–water partition coefficient (Wildman–Crippen LogP) is 14.6. The Morgan fingerprint density at radius 2 is 1.04 bits per heavy atom. The summed E-state index contributed by atoms with van der Waals surface area (Å²) in [5.74, 6) is 0. The Kier molecular flexibility index (Phi) is 6.76. The van der Waals surface area contributed by atoms with Crippen LogP contribution in [-0.2, 0) is 0 Å². The second kappa shape index (κ2) is 11.9. The SMILES string of the molecule is c1ccc(-c2ccc(N(c3ccc4c(c3)sc3ccc5ccccc5c34)c3cccc4c3c3ccc5ccccc5c3n4-c3ccccc3)cc2)cc1.